The van der Waals surface area contributed by atoms with Crippen LogP contribution in [0.3, 0.4) is 0 Å². The fourth-order valence-electron chi connectivity index (χ4n) is 2.88. The van der Waals surface area contributed by atoms with Crippen molar-refractivity contribution in [3.05, 3.63) is 35.4 Å². The van der Waals surface area contributed by atoms with Gasteiger partial charge >= 0.3 is 0 Å². The van der Waals surface area contributed by atoms with E-state index in [-0.39, 0.29) is 6.04 Å². The number of rotatable bonds is 4. The van der Waals surface area contributed by atoms with Gasteiger partial charge in [-0.1, -0.05) is 29.8 Å². The normalized spacial score (nSPS) is 23.5. The summed E-state index contributed by atoms with van der Waals surface area (Å²) >= 11 is 0. The van der Waals surface area contributed by atoms with Crippen LogP contribution < -0.4 is 11.3 Å². The highest BCUT2D eigenvalue weighted by Gasteiger charge is 2.29. The van der Waals surface area contributed by atoms with Crippen molar-refractivity contribution < 1.29 is 0 Å². The van der Waals surface area contributed by atoms with Crippen LogP contribution in [0.25, 0.3) is 0 Å². The molecule has 2 atom stereocenters. The van der Waals surface area contributed by atoms with Crippen molar-refractivity contribution in [3.63, 3.8) is 0 Å². The molecule has 1 fully saturated rings. The molecular formula is C15H26N4. The van der Waals surface area contributed by atoms with E-state index < -0.39 is 0 Å². The first-order valence-corrected chi connectivity index (χ1v) is 7.00. The highest BCUT2D eigenvalue weighted by molar-refractivity contribution is 5.23. The number of nitrogens with two attached hydrogens (primary N) is 1. The summed E-state index contributed by atoms with van der Waals surface area (Å²) in [5.41, 5.74) is 5.68. The minimum Gasteiger partial charge on any atom is -0.303 e. The maximum absolute atomic E-state index is 5.80. The van der Waals surface area contributed by atoms with Crippen LogP contribution in [0.5, 0.6) is 0 Å². The van der Waals surface area contributed by atoms with Gasteiger partial charge in [0.1, 0.15) is 0 Å². The van der Waals surface area contributed by atoms with Crippen LogP contribution in [-0.2, 0) is 6.42 Å². The second kappa shape index (κ2) is 6.48. The Hall–Kier alpha value is -0.940. The van der Waals surface area contributed by atoms with Gasteiger partial charge in [-0.25, -0.2) is 0 Å². The van der Waals surface area contributed by atoms with Crippen LogP contribution in [0.15, 0.2) is 24.3 Å². The van der Waals surface area contributed by atoms with Crippen molar-refractivity contribution in [2.75, 3.05) is 33.7 Å². The van der Waals surface area contributed by atoms with E-state index in [1.165, 1.54) is 11.1 Å². The molecule has 0 amide bonds. The highest BCUT2D eigenvalue weighted by Crippen LogP contribution is 2.14. The molecule has 0 aromatic heterocycles. The van der Waals surface area contributed by atoms with Crippen molar-refractivity contribution in [3.8, 4) is 0 Å². The Morgan fingerprint density at radius 2 is 2.16 bits per heavy atom. The van der Waals surface area contributed by atoms with E-state index in [4.69, 9.17) is 5.84 Å². The molecule has 0 saturated carbocycles. The predicted octanol–water partition coefficient (Wildman–Crippen LogP) is 0.615. The van der Waals surface area contributed by atoms with Crippen molar-refractivity contribution in [1.82, 2.24) is 15.2 Å². The van der Waals surface area contributed by atoms with Gasteiger partial charge in [-0.3, -0.25) is 16.2 Å². The molecule has 1 aliphatic heterocycles. The Kier molecular flexibility index (Phi) is 4.93. The SMILES string of the molecule is Cc1cccc(CC(NN)C2CN(C)CCN2C)c1. The zero-order chi connectivity index (χ0) is 13.8. The number of benzene rings is 1. The zero-order valence-electron chi connectivity index (χ0n) is 12.3. The van der Waals surface area contributed by atoms with Crippen LogP contribution in [-0.4, -0.2) is 55.6 Å². The molecule has 4 heteroatoms. The first-order valence-electron chi connectivity index (χ1n) is 7.00. The number of likely N-dealkylation sites (N-methyl/N-ethyl adjacent to an activating group) is 2. The average molecular weight is 262 g/mol. The molecule has 19 heavy (non-hydrogen) atoms. The third-order valence-electron chi connectivity index (χ3n) is 4.12. The maximum Gasteiger partial charge on any atom is 0.0418 e. The Balaban J connectivity index is 2.06. The molecule has 0 spiro atoms. The molecule has 0 bridgehead atoms. The minimum atomic E-state index is 0.287. The van der Waals surface area contributed by atoms with Gasteiger partial charge in [-0.15, -0.1) is 0 Å². The summed E-state index contributed by atoms with van der Waals surface area (Å²) in [6, 6.07) is 9.43. The molecule has 1 aromatic rings. The molecule has 4 nitrogen and oxygen atoms in total. The fraction of sp³-hybridized carbons (Fsp3) is 0.600. The number of hydrogen-bond donors (Lipinski definition) is 2. The molecule has 2 rings (SSSR count). The van der Waals surface area contributed by atoms with E-state index in [9.17, 15) is 0 Å². The average Bonchev–Trinajstić information content (AvgIpc) is 2.39. The minimum absolute atomic E-state index is 0.287. The number of hydrogen-bond acceptors (Lipinski definition) is 4. The molecule has 0 aliphatic carbocycles. The topological polar surface area (TPSA) is 44.5 Å². The van der Waals surface area contributed by atoms with Crippen LogP contribution in [0.1, 0.15) is 11.1 Å². The second-order valence-electron chi connectivity index (χ2n) is 5.78. The lowest BCUT2D eigenvalue weighted by molar-refractivity contribution is 0.0877. The number of nitrogens with one attached hydrogen (secondary N) is 1. The Morgan fingerprint density at radius 1 is 1.37 bits per heavy atom. The van der Waals surface area contributed by atoms with E-state index >= 15 is 0 Å². The van der Waals surface area contributed by atoms with Gasteiger partial charge in [-0.05, 0) is 33.0 Å². The Bertz CT molecular complexity index is 407. The quantitative estimate of drug-likeness (QED) is 0.617. The van der Waals surface area contributed by atoms with Crippen molar-refractivity contribution in [2.24, 2.45) is 5.84 Å². The van der Waals surface area contributed by atoms with E-state index in [1.54, 1.807) is 0 Å². The largest absolute Gasteiger partial charge is 0.303 e. The first-order chi connectivity index (χ1) is 9.10. The summed E-state index contributed by atoms with van der Waals surface area (Å²) < 4.78 is 0. The summed E-state index contributed by atoms with van der Waals surface area (Å²) in [6.07, 6.45) is 0.973. The number of aryl methyl sites for hydroxylation is 1. The second-order valence-corrected chi connectivity index (χ2v) is 5.78. The third kappa shape index (κ3) is 3.76. The molecular weight excluding hydrogens is 236 g/mol. The van der Waals surface area contributed by atoms with Crippen LogP contribution in [0.2, 0.25) is 0 Å². The lowest BCUT2D eigenvalue weighted by atomic mass is 9.96. The number of hydrazine groups is 1. The predicted molar refractivity (Wildman–Crippen MR) is 79.9 cm³/mol. The van der Waals surface area contributed by atoms with E-state index in [2.05, 4.69) is 60.5 Å². The molecule has 1 aliphatic rings. The van der Waals surface area contributed by atoms with Crippen molar-refractivity contribution in [2.45, 2.75) is 25.4 Å². The molecule has 3 N–H and O–H groups in total. The Labute approximate surface area is 116 Å². The molecule has 1 heterocycles. The molecule has 1 aromatic carbocycles. The fourth-order valence-corrected chi connectivity index (χ4v) is 2.88. The van der Waals surface area contributed by atoms with Gasteiger partial charge in [0.2, 0.25) is 0 Å². The summed E-state index contributed by atoms with van der Waals surface area (Å²) in [5, 5.41) is 0. The lowest BCUT2D eigenvalue weighted by Crippen LogP contribution is -2.60. The standard InChI is InChI=1S/C15H26N4/c1-12-5-4-6-13(9-12)10-14(17-16)15-11-18(2)7-8-19(15)3/h4-6,9,14-15,17H,7-8,10-11,16H2,1-3H3. The number of piperazine rings is 1. The summed E-state index contributed by atoms with van der Waals surface area (Å²) in [6.45, 7) is 5.44. The zero-order valence-corrected chi connectivity index (χ0v) is 12.3. The maximum atomic E-state index is 5.80. The number of nitrogens with zero attached hydrogens (tertiary/aromatic N) is 2. The first kappa shape index (κ1) is 14.5. The summed E-state index contributed by atoms with van der Waals surface area (Å²) in [7, 11) is 4.37. The van der Waals surface area contributed by atoms with Gasteiger partial charge in [0, 0.05) is 31.7 Å². The Morgan fingerprint density at radius 3 is 2.84 bits per heavy atom. The van der Waals surface area contributed by atoms with Gasteiger partial charge in [-0.2, -0.15) is 0 Å². The molecule has 0 radical (unpaired) electrons. The van der Waals surface area contributed by atoms with Gasteiger partial charge < -0.3 is 4.90 Å². The summed E-state index contributed by atoms with van der Waals surface area (Å²) in [4.78, 5) is 4.80. The molecule has 2 unspecified atom stereocenters. The third-order valence-corrected chi connectivity index (χ3v) is 4.12. The van der Waals surface area contributed by atoms with Crippen molar-refractivity contribution in [1.29, 1.82) is 0 Å². The van der Waals surface area contributed by atoms with Gasteiger partial charge in [0.25, 0.3) is 0 Å². The smallest absolute Gasteiger partial charge is 0.0418 e. The van der Waals surface area contributed by atoms with Gasteiger partial charge in [0.15, 0.2) is 0 Å². The van der Waals surface area contributed by atoms with E-state index in [0.717, 1.165) is 26.1 Å². The molecule has 106 valence electrons. The summed E-state index contributed by atoms with van der Waals surface area (Å²) in [5.74, 6) is 5.80. The van der Waals surface area contributed by atoms with Gasteiger partial charge in [0.05, 0.1) is 0 Å². The van der Waals surface area contributed by atoms with E-state index in [1.807, 2.05) is 0 Å². The lowest BCUT2D eigenvalue weighted by Gasteiger charge is -2.41. The van der Waals surface area contributed by atoms with Crippen LogP contribution in [0.4, 0.5) is 0 Å². The highest BCUT2D eigenvalue weighted by atomic mass is 15.3. The van der Waals surface area contributed by atoms with Crippen LogP contribution >= 0.6 is 0 Å². The van der Waals surface area contributed by atoms with Crippen LogP contribution in [0, 0.1) is 6.92 Å². The van der Waals surface area contributed by atoms with Crippen molar-refractivity contribution >= 4 is 0 Å². The monoisotopic (exact) mass is 262 g/mol. The van der Waals surface area contributed by atoms with E-state index in [0.29, 0.717) is 6.04 Å². The molecule has 1 saturated heterocycles.